The number of unbranched alkanes of at least 4 members (excludes halogenated alkanes) is 3. The summed E-state index contributed by atoms with van der Waals surface area (Å²) in [7, 11) is -9.63. The van der Waals surface area contributed by atoms with Gasteiger partial charge in [-0.15, -0.1) is 0 Å². The second kappa shape index (κ2) is 14.5. The van der Waals surface area contributed by atoms with Gasteiger partial charge in [-0.25, -0.2) is 0 Å². The van der Waals surface area contributed by atoms with Crippen LogP contribution in [0.4, 0.5) is 0 Å². The summed E-state index contributed by atoms with van der Waals surface area (Å²) in [6.45, 7) is 8.13. The molecule has 0 aromatic rings. The van der Waals surface area contributed by atoms with Crippen LogP contribution < -0.4 is 0 Å². The predicted molar refractivity (Wildman–Crippen MR) is 121 cm³/mol. The molecule has 0 fully saturated rings. The molecule has 0 bridgehead atoms. The molecule has 1 atom stereocenters. The van der Waals surface area contributed by atoms with E-state index in [0.717, 1.165) is 44.9 Å². The van der Waals surface area contributed by atoms with Gasteiger partial charge in [-0.1, -0.05) is 55.2 Å². The normalized spacial score (nSPS) is 14.6. The van der Waals surface area contributed by atoms with Gasteiger partial charge in [-0.2, -0.15) is 0 Å². The molecular weight excluding hydrogens is 410 g/mol. The van der Waals surface area contributed by atoms with Gasteiger partial charge >= 0.3 is 15.2 Å². The average Bonchev–Trinajstić information content (AvgIpc) is 2.56. The van der Waals surface area contributed by atoms with E-state index < -0.39 is 20.6 Å². The van der Waals surface area contributed by atoms with Crippen molar-refractivity contribution < 1.29 is 28.7 Å². The highest BCUT2D eigenvalue weighted by atomic mass is 31.2. The zero-order valence-electron chi connectivity index (χ0n) is 18.3. The Balaban J connectivity index is 4.06. The van der Waals surface area contributed by atoms with Crippen LogP contribution in [-0.2, 0) is 9.13 Å². The van der Waals surface area contributed by atoms with Gasteiger partial charge < -0.3 is 19.6 Å². The van der Waals surface area contributed by atoms with Crippen molar-refractivity contribution in [2.45, 2.75) is 90.9 Å². The fourth-order valence-corrected chi connectivity index (χ4v) is 5.89. The Morgan fingerprint density at radius 3 is 1.97 bits per heavy atom. The average molecular weight is 450 g/mol. The first-order chi connectivity index (χ1) is 13.3. The molecule has 0 aromatic heterocycles. The Labute approximate surface area is 176 Å². The minimum absolute atomic E-state index is 0.151. The molecule has 0 amide bonds. The summed E-state index contributed by atoms with van der Waals surface area (Å²) < 4.78 is 22.7. The van der Waals surface area contributed by atoms with Gasteiger partial charge in [-0.05, 0) is 71.6 Å². The van der Waals surface area contributed by atoms with Crippen molar-refractivity contribution in [1.82, 2.24) is 0 Å². The Morgan fingerprint density at radius 1 is 0.828 bits per heavy atom. The highest BCUT2D eigenvalue weighted by Gasteiger charge is 2.43. The van der Waals surface area contributed by atoms with E-state index in [1.54, 1.807) is 6.92 Å². The van der Waals surface area contributed by atoms with E-state index in [1.807, 2.05) is 0 Å². The lowest BCUT2D eigenvalue weighted by molar-refractivity contribution is 0.323. The van der Waals surface area contributed by atoms with Crippen LogP contribution in [0.25, 0.3) is 0 Å². The molecule has 4 N–H and O–H groups in total. The Kier molecular flexibility index (Phi) is 14.3. The summed E-state index contributed by atoms with van der Waals surface area (Å²) >= 11 is 0. The smallest absolute Gasteiger partial charge is 0.324 e. The van der Waals surface area contributed by atoms with Crippen molar-refractivity contribution >= 4 is 15.2 Å². The molecule has 8 heteroatoms. The van der Waals surface area contributed by atoms with Gasteiger partial charge in [0.2, 0.25) is 0 Å². The third kappa shape index (κ3) is 16.0. The molecule has 0 saturated heterocycles. The lowest BCUT2D eigenvalue weighted by Gasteiger charge is -2.22. The van der Waals surface area contributed by atoms with E-state index in [0.29, 0.717) is 6.42 Å². The lowest BCUT2D eigenvalue weighted by atomic mass is 10.00. The molecule has 170 valence electrons. The van der Waals surface area contributed by atoms with Crippen LogP contribution in [0, 0.1) is 5.92 Å². The molecule has 0 rings (SSSR count). The molecular formula is C21H40O6P2. The van der Waals surface area contributed by atoms with Crippen LogP contribution in [0.5, 0.6) is 0 Å². The summed E-state index contributed by atoms with van der Waals surface area (Å²) in [5.74, 6) is -0.151. The van der Waals surface area contributed by atoms with E-state index in [1.165, 1.54) is 11.1 Å². The Morgan fingerprint density at radius 2 is 1.41 bits per heavy atom. The van der Waals surface area contributed by atoms with Crippen LogP contribution in [0.3, 0.4) is 0 Å². The van der Waals surface area contributed by atoms with Crippen LogP contribution in [0.15, 0.2) is 35.5 Å². The molecule has 6 nitrogen and oxygen atoms in total. The maximum atomic E-state index is 11.3. The van der Waals surface area contributed by atoms with E-state index in [2.05, 4.69) is 45.1 Å². The Bertz CT molecular complexity index is 616. The third-order valence-corrected chi connectivity index (χ3v) is 8.57. The zero-order chi connectivity index (χ0) is 22.5. The Hall–Kier alpha value is -0.480. The molecule has 0 radical (unpaired) electrons. The maximum absolute atomic E-state index is 11.3. The third-order valence-electron chi connectivity index (χ3n) is 4.79. The second-order valence-corrected chi connectivity index (χ2v) is 12.2. The van der Waals surface area contributed by atoms with Crippen LogP contribution in [0.1, 0.15) is 85.5 Å². The van der Waals surface area contributed by atoms with Crippen LogP contribution in [-0.4, -0.2) is 25.0 Å². The highest BCUT2D eigenvalue weighted by molar-refractivity contribution is 7.70. The first-order valence-electron chi connectivity index (χ1n) is 10.4. The van der Waals surface area contributed by atoms with E-state index in [4.69, 9.17) is 0 Å². The summed E-state index contributed by atoms with van der Waals surface area (Å²) in [6, 6.07) is 0. The molecule has 0 saturated carbocycles. The van der Waals surface area contributed by atoms with Gasteiger partial charge in [0.15, 0.2) is 5.40 Å². The van der Waals surface area contributed by atoms with Crippen LogP contribution >= 0.6 is 15.2 Å². The second-order valence-electron chi connectivity index (χ2n) is 8.20. The SMILES string of the molecule is CC(C)=CCC/C=C/CC/C(C)=C/CCCCC(C)CC(P(=O)(O)O)P(=O)(O)O. The molecule has 0 spiro atoms. The molecule has 0 aliphatic rings. The van der Waals surface area contributed by atoms with Crippen molar-refractivity contribution in [3.63, 3.8) is 0 Å². The fourth-order valence-electron chi connectivity index (χ4n) is 3.05. The number of hydrogen-bond acceptors (Lipinski definition) is 2. The monoisotopic (exact) mass is 450 g/mol. The number of rotatable bonds is 15. The molecule has 0 aliphatic carbocycles. The first kappa shape index (κ1) is 28.5. The summed E-state index contributed by atoms with van der Waals surface area (Å²) in [5, 5.41) is -1.89. The topological polar surface area (TPSA) is 115 Å². The van der Waals surface area contributed by atoms with Gasteiger partial charge in [0.1, 0.15) is 0 Å². The van der Waals surface area contributed by atoms with E-state index in [9.17, 15) is 28.7 Å². The van der Waals surface area contributed by atoms with Gasteiger partial charge in [0.25, 0.3) is 0 Å². The number of allylic oxidation sites excluding steroid dienone is 6. The predicted octanol–water partition coefficient (Wildman–Crippen LogP) is 6.28. The van der Waals surface area contributed by atoms with Crippen LogP contribution in [0.2, 0.25) is 0 Å². The van der Waals surface area contributed by atoms with E-state index >= 15 is 0 Å². The van der Waals surface area contributed by atoms with Crippen molar-refractivity contribution in [3.8, 4) is 0 Å². The summed E-state index contributed by atoms with van der Waals surface area (Å²) in [5.41, 5.74) is 2.71. The lowest BCUT2D eigenvalue weighted by Crippen LogP contribution is -2.13. The highest BCUT2D eigenvalue weighted by Crippen LogP contribution is 2.62. The van der Waals surface area contributed by atoms with E-state index in [-0.39, 0.29) is 12.3 Å². The van der Waals surface area contributed by atoms with Crippen molar-refractivity contribution in [1.29, 1.82) is 0 Å². The quantitative estimate of drug-likeness (QED) is 0.133. The minimum Gasteiger partial charge on any atom is -0.324 e. The number of hydrogen-bond donors (Lipinski definition) is 4. The summed E-state index contributed by atoms with van der Waals surface area (Å²) in [6.07, 6.45) is 16.5. The molecule has 0 heterocycles. The van der Waals surface area contributed by atoms with Gasteiger partial charge in [0, 0.05) is 0 Å². The maximum Gasteiger partial charge on any atom is 0.340 e. The van der Waals surface area contributed by atoms with Crippen molar-refractivity contribution in [2.75, 3.05) is 0 Å². The largest absolute Gasteiger partial charge is 0.340 e. The summed E-state index contributed by atoms with van der Waals surface area (Å²) in [4.78, 5) is 36.8. The van der Waals surface area contributed by atoms with Crippen molar-refractivity contribution in [2.24, 2.45) is 5.92 Å². The standard InChI is InChI=1S/C21H40O6P2/c1-18(2)13-9-6-5-7-10-14-19(3)15-11-8-12-16-20(4)17-21(28(22,23)24)29(25,26)27/h5,7,13,15,20-21H,6,8-12,14,16-17H2,1-4H3,(H2,22,23,24)(H2,25,26,27)/b7-5+,19-15+. The fraction of sp³-hybridized carbons (Fsp3) is 0.714. The minimum atomic E-state index is -4.81. The molecule has 0 aliphatic heterocycles. The molecule has 0 aromatic carbocycles. The molecule has 29 heavy (non-hydrogen) atoms. The molecule has 1 unspecified atom stereocenters. The van der Waals surface area contributed by atoms with Gasteiger partial charge in [0.05, 0.1) is 0 Å². The van der Waals surface area contributed by atoms with Gasteiger partial charge in [-0.3, -0.25) is 9.13 Å². The zero-order valence-corrected chi connectivity index (χ0v) is 20.1. The first-order valence-corrected chi connectivity index (χ1v) is 13.7. The van der Waals surface area contributed by atoms with Crippen molar-refractivity contribution in [3.05, 3.63) is 35.5 Å².